The van der Waals surface area contributed by atoms with Gasteiger partial charge in [-0.1, -0.05) is 26.7 Å². The maximum atomic E-state index is 12.8. The highest BCUT2D eigenvalue weighted by Crippen LogP contribution is 2.37. The molecule has 19 heavy (non-hydrogen) atoms. The summed E-state index contributed by atoms with van der Waals surface area (Å²) >= 11 is 0. The lowest BCUT2D eigenvalue weighted by molar-refractivity contribution is -0.189. The van der Waals surface area contributed by atoms with Crippen LogP contribution in [0.25, 0.3) is 0 Å². The maximum absolute atomic E-state index is 12.8. The van der Waals surface area contributed by atoms with Crippen molar-refractivity contribution in [1.82, 2.24) is 10.6 Å². The van der Waals surface area contributed by atoms with E-state index in [2.05, 4.69) is 10.6 Å². The Kier molecular flexibility index (Phi) is 6.10. The molecule has 112 valence electrons. The summed E-state index contributed by atoms with van der Waals surface area (Å²) in [6.45, 7) is 4.41. The van der Waals surface area contributed by atoms with E-state index in [0.29, 0.717) is 19.4 Å². The minimum absolute atomic E-state index is 0.124. The van der Waals surface area contributed by atoms with Gasteiger partial charge in [-0.05, 0) is 12.8 Å². The molecule has 1 saturated carbocycles. The highest BCUT2D eigenvalue weighted by molar-refractivity contribution is 5.76. The molecule has 0 radical (unpaired) electrons. The van der Waals surface area contributed by atoms with Gasteiger partial charge in [0.05, 0.1) is 5.92 Å². The van der Waals surface area contributed by atoms with E-state index in [9.17, 15) is 18.0 Å². The molecule has 0 aromatic rings. The lowest BCUT2D eigenvalue weighted by Crippen LogP contribution is -2.48. The normalized spacial score (nSPS) is 24.5. The van der Waals surface area contributed by atoms with Crippen molar-refractivity contribution in [3.05, 3.63) is 0 Å². The summed E-state index contributed by atoms with van der Waals surface area (Å²) in [6.07, 6.45) is -2.10. The van der Waals surface area contributed by atoms with Crippen LogP contribution in [0.1, 0.15) is 46.0 Å². The standard InChI is InChI=1S/C13H23F3N2O/c1-9(2)17-8-7-12(19)18-11-6-4-3-5-10(11)13(14,15)16/h9-11,17H,3-8H2,1-2H3,(H,18,19). The van der Waals surface area contributed by atoms with Gasteiger partial charge >= 0.3 is 6.18 Å². The molecule has 2 N–H and O–H groups in total. The molecule has 2 unspecified atom stereocenters. The average molecular weight is 280 g/mol. The van der Waals surface area contributed by atoms with Crippen LogP contribution in [0, 0.1) is 5.92 Å². The van der Waals surface area contributed by atoms with Crippen molar-refractivity contribution in [2.45, 2.75) is 64.2 Å². The zero-order valence-corrected chi connectivity index (χ0v) is 11.5. The Morgan fingerprint density at radius 3 is 2.47 bits per heavy atom. The first-order chi connectivity index (χ1) is 8.80. The third kappa shape index (κ3) is 5.80. The van der Waals surface area contributed by atoms with Gasteiger partial charge in [-0.2, -0.15) is 13.2 Å². The molecule has 6 heteroatoms. The van der Waals surface area contributed by atoms with Gasteiger partial charge in [-0.25, -0.2) is 0 Å². The number of carbonyl (C=O) groups is 1. The Labute approximate surface area is 112 Å². The first kappa shape index (κ1) is 16.3. The van der Waals surface area contributed by atoms with Crippen LogP contribution in [0.5, 0.6) is 0 Å². The van der Waals surface area contributed by atoms with Crippen molar-refractivity contribution in [3.63, 3.8) is 0 Å². The molecule has 0 heterocycles. The van der Waals surface area contributed by atoms with E-state index in [-0.39, 0.29) is 24.8 Å². The Morgan fingerprint density at radius 2 is 1.89 bits per heavy atom. The molecule has 0 saturated heterocycles. The molecule has 0 bridgehead atoms. The summed E-state index contributed by atoms with van der Waals surface area (Å²) in [5.41, 5.74) is 0. The van der Waals surface area contributed by atoms with E-state index in [1.54, 1.807) is 0 Å². The highest BCUT2D eigenvalue weighted by Gasteiger charge is 2.45. The van der Waals surface area contributed by atoms with E-state index in [1.165, 1.54) is 0 Å². The van der Waals surface area contributed by atoms with Crippen molar-refractivity contribution < 1.29 is 18.0 Å². The zero-order valence-electron chi connectivity index (χ0n) is 11.5. The number of hydrogen-bond donors (Lipinski definition) is 2. The SMILES string of the molecule is CC(C)NCCC(=O)NC1CCCCC1C(F)(F)F. The van der Waals surface area contributed by atoms with E-state index >= 15 is 0 Å². The molecule has 1 aliphatic rings. The fourth-order valence-corrected chi connectivity index (χ4v) is 2.45. The number of nitrogens with one attached hydrogen (secondary N) is 2. The van der Waals surface area contributed by atoms with E-state index in [1.807, 2.05) is 13.8 Å². The third-order valence-corrected chi connectivity index (χ3v) is 3.44. The van der Waals surface area contributed by atoms with Crippen LogP contribution in [0.2, 0.25) is 0 Å². The average Bonchev–Trinajstić information content (AvgIpc) is 2.27. The molecule has 1 amide bonds. The molecule has 0 aromatic heterocycles. The van der Waals surface area contributed by atoms with Gasteiger partial charge in [0.25, 0.3) is 0 Å². The predicted molar refractivity (Wildman–Crippen MR) is 67.7 cm³/mol. The van der Waals surface area contributed by atoms with Crippen molar-refractivity contribution in [1.29, 1.82) is 0 Å². The minimum Gasteiger partial charge on any atom is -0.353 e. The summed E-state index contributed by atoms with van der Waals surface area (Å²) in [6, 6.07) is -0.481. The Morgan fingerprint density at radius 1 is 1.26 bits per heavy atom. The fraction of sp³-hybridized carbons (Fsp3) is 0.923. The second kappa shape index (κ2) is 7.12. The van der Waals surface area contributed by atoms with Gasteiger partial charge in [-0.3, -0.25) is 4.79 Å². The smallest absolute Gasteiger partial charge is 0.353 e. The minimum atomic E-state index is -4.21. The van der Waals surface area contributed by atoms with Crippen LogP contribution in [-0.2, 0) is 4.79 Å². The second-order valence-corrected chi connectivity index (χ2v) is 5.47. The number of rotatable bonds is 5. The Hall–Kier alpha value is -0.780. The van der Waals surface area contributed by atoms with Crippen LogP contribution in [0.4, 0.5) is 13.2 Å². The third-order valence-electron chi connectivity index (χ3n) is 3.44. The monoisotopic (exact) mass is 280 g/mol. The molecule has 1 aliphatic carbocycles. The lowest BCUT2D eigenvalue weighted by Gasteiger charge is -2.33. The zero-order chi connectivity index (χ0) is 14.5. The number of hydrogen-bond acceptors (Lipinski definition) is 2. The topological polar surface area (TPSA) is 41.1 Å². The predicted octanol–water partition coefficient (Wildman–Crippen LogP) is 2.61. The Balaban J connectivity index is 2.42. The molecule has 0 aromatic carbocycles. The van der Waals surface area contributed by atoms with Crippen LogP contribution >= 0.6 is 0 Å². The summed E-state index contributed by atoms with van der Waals surface area (Å²) < 4.78 is 38.5. The van der Waals surface area contributed by atoms with Crippen molar-refractivity contribution in [3.8, 4) is 0 Å². The van der Waals surface area contributed by atoms with Crippen LogP contribution in [0.3, 0.4) is 0 Å². The first-order valence-electron chi connectivity index (χ1n) is 6.90. The first-order valence-corrected chi connectivity index (χ1v) is 6.90. The number of amides is 1. The summed E-state index contributed by atoms with van der Waals surface area (Å²) in [5.74, 6) is -1.68. The van der Waals surface area contributed by atoms with Crippen LogP contribution < -0.4 is 10.6 Å². The Bertz CT molecular complexity index is 292. The molecule has 0 aliphatic heterocycles. The summed E-state index contributed by atoms with van der Waals surface area (Å²) in [5, 5.41) is 5.62. The fourth-order valence-electron chi connectivity index (χ4n) is 2.45. The molecular formula is C13H23F3N2O. The molecule has 1 fully saturated rings. The van der Waals surface area contributed by atoms with Gasteiger partial charge in [0.15, 0.2) is 0 Å². The molecule has 0 spiro atoms. The molecule has 1 rings (SSSR count). The molecule has 3 nitrogen and oxygen atoms in total. The van der Waals surface area contributed by atoms with E-state index in [4.69, 9.17) is 0 Å². The summed E-state index contributed by atoms with van der Waals surface area (Å²) in [7, 11) is 0. The van der Waals surface area contributed by atoms with Crippen LogP contribution in [0.15, 0.2) is 0 Å². The van der Waals surface area contributed by atoms with E-state index < -0.39 is 18.1 Å². The molecule has 2 atom stereocenters. The lowest BCUT2D eigenvalue weighted by atomic mass is 9.84. The highest BCUT2D eigenvalue weighted by atomic mass is 19.4. The number of halogens is 3. The van der Waals surface area contributed by atoms with Crippen molar-refractivity contribution in [2.24, 2.45) is 5.92 Å². The van der Waals surface area contributed by atoms with Gasteiger partial charge in [0.1, 0.15) is 0 Å². The largest absolute Gasteiger partial charge is 0.393 e. The van der Waals surface area contributed by atoms with Gasteiger partial charge in [0.2, 0.25) is 5.91 Å². The quantitative estimate of drug-likeness (QED) is 0.813. The number of alkyl halides is 3. The molecular weight excluding hydrogens is 257 g/mol. The van der Waals surface area contributed by atoms with Crippen molar-refractivity contribution in [2.75, 3.05) is 6.54 Å². The van der Waals surface area contributed by atoms with Crippen LogP contribution in [-0.4, -0.2) is 30.7 Å². The van der Waals surface area contributed by atoms with E-state index in [0.717, 1.165) is 6.42 Å². The second-order valence-electron chi connectivity index (χ2n) is 5.47. The van der Waals surface area contributed by atoms with Gasteiger partial charge in [0, 0.05) is 25.0 Å². The van der Waals surface area contributed by atoms with Gasteiger partial charge in [-0.15, -0.1) is 0 Å². The number of carbonyl (C=O) groups excluding carboxylic acids is 1. The van der Waals surface area contributed by atoms with Gasteiger partial charge < -0.3 is 10.6 Å². The van der Waals surface area contributed by atoms with Crippen molar-refractivity contribution >= 4 is 5.91 Å². The maximum Gasteiger partial charge on any atom is 0.393 e. The summed E-state index contributed by atoms with van der Waals surface area (Å²) in [4.78, 5) is 11.6.